The fourth-order valence-electron chi connectivity index (χ4n) is 3.71. The number of hydrogen-bond acceptors (Lipinski definition) is 3. The molecule has 1 N–H and O–H groups in total. The van der Waals surface area contributed by atoms with E-state index in [0.717, 1.165) is 31.2 Å². The van der Waals surface area contributed by atoms with Gasteiger partial charge in [-0.2, -0.15) is 0 Å². The quantitative estimate of drug-likeness (QED) is 0.633. The van der Waals surface area contributed by atoms with Gasteiger partial charge in [-0.15, -0.1) is 11.8 Å². The van der Waals surface area contributed by atoms with Crippen LogP contribution in [-0.2, 0) is 15.4 Å². The van der Waals surface area contributed by atoms with Crippen molar-refractivity contribution < 1.29 is 8.42 Å². The topological polar surface area (TPSA) is 46.2 Å². The SMILES string of the molecule is Cc1ccc(S(=O)(=O)N[C@H]2CCCC[C@@H]2Sc2cc(C(C)(C)C)ccc2C)cc1. The van der Waals surface area contributed by atoms with E-state index in [4.69, 9.17) is 0 Å². The average Bonchev–Trinajstić information content (AvgIpc) is 2.64. The molecule has 2 atom stereocenters. The molecule has 0 radical (unpaired) electrons. The molecule has 0 bridgehead atoms. The Labute approximate surface area is 180 Å². The first-order chi connectivity index (χ1) is 13.6. The summed E-state index contributed by atoms with van der Waals surface area (Å²) in [7, 11) is -3.51. The normalized spacial score (nSPS) is 20.6. The zero-order valence-electron chi connectivity index (χ0n) is 18.2. The van der Waals surface area contributed by atoms with Crippen LogP contribution in [0.25, 0.3) is 0 Å². The highest BCUT2D eigenvalue weighted by atomic mass is 32.2. The summed E-state index contributed by atoms with van der Waals surface area (Å²) in [6.45, 7) is 10.8. The van der Waals surface area contributed by atoms with Gasteiger partial charge in [-0.3, -0.25) is 0 Å². The van der Waals surface area contributed by atoms with Crippen molar-refractivity contribution >= 4 is 21.8 Å². The lowest BCUT2D eigenvalue weighted by atomic mass is 9.87. The van der Waals surface area contributed by atoms with Gasteiger partial charge in [0.25, 0.3) is 0 Å². The number of thioether (sulfide) groups is 1. The van der Waals surface area contributed by atoms with Crippen LogP contribution in [0.5, 0.6) is 0 Å². The van der Waals surface area contributed by atoms with Gasteiger partial charge in [-0.1, -0.05) is 63.4 Å². The van der Waals surface area contributed by atoms with Crippen molar-refractivity contribution in [1.82, 2.24) is 4.72 Å². The van der Waals surface area contributed by atoms with E-state index in [1.54, 1.807) is 12.1 Å². The zero-order valence-corrected chi connectivity index (χ0v) is 19.8. The summed E-state index contributed by atoms with van der Waals surface area (Å²) in [5.74, 6) is 0. The van der Waals surface area contributed by atoms with Gasteiger partial charge >= 0.3 is 0 Å². The minimum atomic E-state index is -3.51. The van der Waals surface area contributed by atoms with Gasteiger partial charge in [-0.05, 0) is 61.4 Å². The Morgan fingerprint density at radius 3 is 2.28 bits per heavy atom. The Hall–Kier alpha value is -1.30. The lowest BCUT2D eigenvalue weighted by Gasteiger charge is -2.32. The summed E-state index contributed by atoms with van der Waals surface area (Å²) < 4.78 is 28.9. The number of rotatable bonds is 5. The van der Waals surface area contributed by atoms with Crippen molar-refractivity contribution in [3.63, 3.8) is 0 Å². The molecule has 0 saturated heterocycles. The van der Waals surface area contributed by atoms with Gasteiger partial charge in [-0.25, -0.2) is 13.1 Å². The smallest absolute Gasteiger partial charge is 0.207 e. The molecule has 5 heteroatoms. The van der Waals surface area contributed by atoms with E-state index in [0.29, 0.717) is 4.90 Å². The predicted octanol–water partition coefficient (Wildman–Crippen LogP) is 5.98. The second-order valence-corrected chi connectivity index (χ2v) is 12.2. The minimum absolute atomic E-state index is 0.0438. The molecule has 1 aliphatic carbocycles. The van der Waals surface area contributed by atoms with E-state index in [2.05, 4.69) is 50.6 Å². The van der Waals surface area contributed by atoms with Crippen LogP contribution in [0, 0.1) is 13.8 Å². The maximum absolute atomic E-state index is 12.9. The number of hydrogen-bond donors (Lipinski definition) is 1. The lowest BCUT2D eigenvalue weighted by molar-refractivity contribution is 0.423. The average molecular weight is 432 g/mol. The first kappa shape index (κ1) is 22.4. The molecule has 0 heterocycles. The largest absolute Gasteiger partial charge is 0.240 e. The standard InChI is InChI=1S/C24H33NO2S2/c1-17-10-14-20(15-11-17)29(26,27)25-21-8-6-7-9-22(21)28-23-16-19(24(3,4)5)13-12-18(23)2/h10-16,21-22,25H,6-9H2,1-5H3/t21-,22-/m0/s1. The van der Waals surface area contributed by atoms with Crippen LogP contribution in [0.15, 0.2) is 52.3 Å². The van der Waals surface area contributed by atoms with Gasteiger partial charge in [0.15, 0.2) is 0 Å². The van der Waals surface area contributed by atoms with Crippen molar-refractivity contribution in [3.05, 3.63) is 59.2 Å². The Morgan fingerprint density at radius 2 is 1.62 bits per heavy atom. The minimum Gasteiger partial charge on any atom is -0.207 e. The lowest BCUT2D eigenvalue weighted by Crippen LogP contribution is -2.43. The fraction of sp³-hybridized carbons (Fsp3) is 0.500. The van der Waals surface area contributed by atoms with E-state index in [9.17, 15) is 8.42 Å². The molecule has 1 fully saturated rings. The monoisotopic (exact) mass is 431 g/mol. The molecular formula is C24H33NO2S2. The molecule has 0 unspecified atom stereocenters. The Kier molecular flexibility index (Phi) is 6.81. The first-order valence-corrected chi connectivity index (χ1v) is 12.8. The first-order valence-electron chi connectivity index (χ1n) is 10.4. The van der Waals surface area contributed by atoms with Crippen LogP contribution in [0.1, 0.15) is 63.1 Å². The maximum Gasteiger partial charge on any atom is 0.240 e. The van der Waals surface area contributed by atoms with Gasteiger partial charge < -0.3 is 0 Å². The van der Waals surface area contributed by atoms with Crippen molar-refractivity contribution in [2.24, 2.45) is 0 Å². The van der Waals surface area contributed by atoms with Crippen molar-refractivity contribution in [2.75, 3.05) is 0 Å². The molecule has 29 heavy (non-hydrogen) atoms. The third-order valence-corrected chi connectivity index (χ3v) is 8.74. The van der Waals surface area contributed by atoms with Crippen LogP contribution >= 0.6 is 11.8 Å². The summed E-state index contributed by atoms with van der Waals surface area (Å²) in [6, 6.07) is 13.7. The van der Waals surface area contributed by atoms with Gasteiger partial charge in [0, 0.05) is 16.2 Å². The highest BCUT2D eigenvalue weighted by molar-refractivity contribution is 8.00. The number of aryl methyl sites for hydroxylation is 2. The third kappa shape index (κ3) is 5.65. The Balaban J connectivity index is 1.81. The van der Waals surface area contributed by atoms with Crippen LogP contribution in [0.2, 0.25) is 0 Å². The van der Waals surface area contributed by atoms with E-state index < -0.39 is 10.0 Å². The third-order valence-electron chi connectivity index (χ3n) is 5.67. The number of sulfonamides is 1. The molecule has 1 saturated carbocycles. The van der Waals surface area contributed by atoms with Crippen LogP contribution in [-0.4, -0.2) is 19.7 Å². The van der Waals surface area contributed by atoms with E-state index in [1.165, 1.54) is 16.0 Å². The van der Waals surface area contributed by atoms with Crippen molar-refractivity contribution in [3.8, 4) is 0 Å². The highest BCUT2D eigenvalue weighted by Crippen LogP contribution is 2.38. The molecule has 2 aromatic rings. The molecule has 3 rings (SSSR count). The summed E-state index contributed by atoms with van der Waals surface area (Å²) in [6.07, 6.45) is 4.14. The molecule has 0 aromatic heterocycles. The van der Waals surface area contributed by atoms with Crippen LogP contribution in [0.3, 0.4) is 0 Å². The molecule has 0 spiro atoms. The molecule has 0 aliphatic heterocycles. The molecule has 3 nitrogen and oxygen atoms in total. The molecule has 0 amide bonds. The Morgan fingerprint density at radius 1 is 0.966 bits per heavy atom. The van der Waals surface area contributed by atoms with Gasteiger partial charge in [0.1, 0.15) is 0 Å². The fourth-order valence-corrected chi connectivity index (χ4v) is 6.54. The number of benzene rings is 2. The molecule has 1 aliphatic rings. The Bertz CT molecular complexity index is 944. The molecule has 158 valence electrons. The van der Waals surface area contributed by atoms with Crippen LogP contribution < -0.4 is 4.72 Å². The van der Waals surface area contributed by atoms with E-state index in [-0.39, 0.29) is 16.7 Å². The van der Waals surface area contributed by atoms with Gasteiger partial charge in [0.2, 0.25) is 10.0 Å². The summed E-state index contributed by atoms with van der Waals surface area (Å²) in [5, 5.41) is 0.248. The number of nitrogens with one attached hydrogen (secondary N) is 1. The van der Waals surface area contributed by atoms with Crippen molar-refractivity contribution in [2.45, 2.75) is 86.8 Å². The van der Waals surface area contributed by atoms with Crippen LogP contribution in [0.4, 0.5) is 0 Å². The second kappa shape index (κ2) is 8.83. The van der Waals surface area contributed by atoms with E-state index >= 15 is 0 Å². The van der Waals surface area contributed by atoms with E-state index in [1.807, 2.05) is 30.8 Å². The zero-order chi connectivity index (χ0) is 21.2. The summed E-state index contributed by atoms with van der Waals surface area (Å²) >= 11 is 1.84. The molecular weight excluding hydrogens is 398 g/mol. The van der Waals surface area contributed by atoms with Gasteiger partial charge in [0.05, 0.1) is 4.90 Å². The summed E-state index contributed by atoms with van der Waals surface area (Å²) in [4.78, 5) is 1.62. The molecule has 2 aromatic carbocycles. The highest BCUT2D eigenvalue weighted by Gasteiger charge is 2.31. The van der Waals surface area contributed by atoms with Crippen molar-refractivity contribution in [1.29, 1.82) is 0 Å². The summed E-state index contributed by atoms with van der Waals surface area (Å²) in [5.41, 5.74) is 3.73. The predicted molar refractivity (Wildman–Crippen MR) is 123 cm³/mol. The second-order valence-electron chi connectivity index (χ2n) is 9.21. The maximum atomic E-state index is 12.9.